The molecule has 2 saturated heterocycles. The van der Waals surface area contributed by atoms with Crippen LogP contribution < -0.4 is 5.73 Å². The molecule has 3 heteroatoms. The molecule has 2 aliphatic rings. The predicted octanol–water partition coefficient (Wildman–Crippen LogP) is 1.86. The van der Waals surface area contributed by atoms with Gasteiger partial charge in [-0.05, 0) is 37.8 Å². The van der Waals surface area contributed by atoms with Crippen LogP contribution in [-0.2, 0) is 4.74 Å². The molecule has 2 rings (SSSR count). The molecule has 2 heterocycles. The Labute approximate surface area is 106 Å². The van der Waals surface area contributed by atoms with E-state index in [1.807, 2.05) is 0 Å². The lowest BCUT2D eigenvalue weighted by Gasteiger charge is -2.33. The smallest absolute Gasteiger partial charge is 0.0624 e. The molecule has 0 aromatic rings. The molecule has 100 valence electrons. The normalized spacial score (nSPS) is 39.2. The van der Waals surface area contributed by atoms with Gasteiger partial charge in [0.05, 0.1) is 13.2 Å². The van der Waals surface area contributed by atoms with E-state index in [1.54, 1.807) is 0 Å². The van der Waals surface area contributed by atoms with Gasteiger partial charge in [-0.3, -0.25) is 0 Å². The van der Waals surface area contributed by atoms with Crippen LogP contribution in [0.1, 0.15) is 40.0 Å². The second-order valence-corrected chi connectivity index (χ2v) is 7.07. The number of nitrogens with zero attached hydrogens (tertiary/aromatic N) is 1. The molecule has 2 atom stereocenters. The number of hydrogen-bond donors (Lipinski definition) is 1. The van der Waals surface area contributed by atoms with E-state index in [1.165, 1.54) is 32.4 Å². The molecule has 2 N–H and O–H groups in total. The van der Waals surface area contributed by atoms with Crippen LogP contribution in [-0.4, -0.2) is 43.8 Å². The van der Waals surface area contributed by atoms with Gasteiger partial charge >= 0.3 is 0 Å². The fourth-order valence-corrected chi connectivity index (χ4v) is 3.04. The van der Waals surface area contributed by atoms with E-state index >= 15 is 0 Å². The first-order chi connectivity index (χ1) is 7.91. The third-order valence-corrected chi connectivity index (χ3v) is 4.64. The molecule has 0 aromatic carbocycles. The van der Waals surface area contributed by atoms with Crippen LogP contribution in [0.4, 0.5) is 0 Å². The Morgan fingerprint density at radius 3 is 2.65 bits per heavy atom. The summed E-state index contributed by atoms with van der Waals surface area (Å²) in [6.07, 6.45) is 3.97. The Bertz CT molecular complexity index is 267. The number of rotatable bonds is 2. The Balaban J connectivity index is 1.91. The zero-order chi connectivity index (χ0) is 12.5. The fraction of sp³-hybridized carbons (Fsp3) is 1.00. The molecule has 0 bridgehead atoms. The summed E-state index contributed by atoms with van der Waals surface area (Å²) in [4.78, 5) is 2.60. The Morgan fingerprint density at radius 2 is 2.00 bits per heavy atom. The van der Waals surface area contributed by atoms with Crippen LogP contribution in [0.5, 0.6) is 0 Å². The zero-order valence-electron chi connectivity index (χ0n) is 11.7. The van der Waals surface area contributed by atoms with Gasteiger partial charge in [0.2, 0.25) is 0 Å². The van der Waals surface area contributed by atoms with Crippen molar-refractivity contribution in [1.29, 1.82) is 0 Å². The van der Waals surface area contributed by atoms with Gasteiger partial charge in [-0.25, -0.2) is 0 Å². The summed E-state index contributed by atoms with van der Waals surface area (Å²) in [5.41, 5.74) is 6.85. The predicted molar refractivity (Wildman–Crippen MR) is 71.0 cm³/mol. The van der Waals surface area contributed by atoms with Gasteiger partial charge in [0.25, 0.3) is 0 Å². The topological polar surface area (TPSA) is 38.5 Å². The summed E-state index contributed by atoms with van der Waals surface area (Å²) in [5, 5.41) is 0. The van der Waals surface area contributed by atoms with Crippen molar-refractivity contribution in [1.82, 2.24) is 4.90 Å². The first-order valence-corrected chi connectivity index (χ1v) is 6.97. The maximum atomic E-state index is 6.17. The molecule has 2 fully saturated rings. The maximum Gasteiger partial charge on any atom is 0.0624 e. The van der Waals surface area contributed by atoms with Gasteiger partial charge in [-0.1, -0.05) is 20.8 Å². The Morgan fingerprint density at radius 1 is 1.24 bits per heavy atom. The van der Waals surface area contributed by atoms with E-state index in [-0.39, 0.29) is 11.5 Å². The molecule has 0 amide bonds. The molecular weight excluding hydrogens is 212 g/mol. The Hall–Kier alpha value is -0.120. The van der Waals surface area contributed by atoms with E-state index < -0.39 is 0 Å². The molecule has 2 aliphatic heterocycles. The molecule has 0 spiro atoms. The number of nitrogens with two attached hydrogens (primary N) is 1. The lowest BCUT2D eigenvalue weighted by Crippen LogP contribution is -2.47. The summed E-state index contributed by atoms with van der Waals surface area (Å²) < 4.78 is 5.53. The highest BCUT2D eigenvalue weighted by Crippen LogP contribution is 2.33. The van der Waals surface area contributed by atoms with Gasteiger partial charge in [-0.15, -0.1) is 0 Å². The highest BCUT2D eigenvalue weighted by atomic mass is 16.5. The van der Waals surface area contributed by atoms with Crippen molar-refractivity contribution in [3.05, 3.63) is 0 Å². The van der Waals surface area contributed by atoms with Crippen molar-refractivity contribution in [3.63, 3.8) is 0 Å². The van der Waals surface area contributed by atoms with E-state index in [9.17, 15) is 0 Å². The summed E-state index contributed by atoms with van der Waals surface area (Å²) in [6.45, 7) is 12.2. The third-order valence-electron chi connectivity index (χ3n) is 4.64. The molecule has 0 saturated carbocycles. The second kappa shape index (κ2) is 4.87. The van der Waals surface area contributed by atoms with Crippen LogP contribution in [0.15, 0.2) is 0 Å². The average Bonchev–Trinajstić information content (AvgIpc) is 2.44. The van der Waals surface area contributed by atoms with Crippen LogP contribution in [0.25, 0.3) is 0 Å². The average molecular weight is 240 g/mol. The minimum atomic E-state index is 0.161. The summed E-state index contributed by atoms with van der Waals surface area (Å²) in [7, 11) is 0. The largest absolute Gasteiger partial charge is 0.379 e. The van der Waals surface area contributed by atoms with Crippen LogP contribution in [0, 0.1) is 10.8 Å². The van der Waals surface area contributed by atoms with Gasteiger partial charge in [0, 0.05) is 18.0 Å². The molecule has 3 nitrogen and oxygen atoms in total. The van der Waals surface area contributed by atoms with E-state index in [0.29, 0.717) is 5.41 Å². The van der Waals surface area contributed by atoms with Crippen LogP contribution in [0.2, 0.25) is 0 Å². The van der Waals surface area contributed by atoms with Gasteiger partial charge in [0.15, 0.2) is 0 Å². The molecule has 2 unspecified atom stereocenters. The quantitative estimate of drug-likeness (QED) is 0.801. The number of hydrogen-bond acceptors (Lipinski definition) is 3. The van der Waals surface area contributed by atoms with Crippen molar-refractivity contribution in [2.45, 2.75) is 46.1 Å². The SMILES string of the molecule is CC1(C)CCCN(CC2(C)COCC2N)CC1. The second-order valence-electron chi connectivity index (χ2n) is 7.07. The van der Waals surface area contributed by atoms with Crippen molar-refractivity contribution < 1.29 is 4.74 Å². The van der Waals surface area contributed by atoms with Gasteiger partial charge < -0.3 is 15.4 Å². The Kier molecular flexibility index (Phi) is 3.81. The first kappa shape index (κ1) is 13.3. The van der Waals surface area contributed by atoms with Crippen molar-refractivity contribution in [2.75, 3.05) is 32.8 Å². The molecule has 0 aromatic heterocycles. The van der Waals surface area contributed by atoms with E-state index in [4.69, 9.17) is 10.5 Å². The van der Waals surface area contributed by atoms with Crippen molar-refractivity contribution in [3.8, 4) is 0 Å². The highest BCUT2D eigenvalue weighted by molar-refractivity contribution is 4.93. The lowest BCUT2D eigenvalue weighted by molar-refractivity contribution is 0.119. The van der Waals surface area contributed by atoms with Gasteiger partial charge in [0.1, 0.15) is 0 Å². The minimum absolute atomic E-state index is 0.161. The standard InChI is InChI=1S/C14H28N2O/c1-13(2)5-4-7-16(8-6-13)10-14(3)11-17-9-12(14)15/h12H,4-11,15H2,1-3H3. The minimum Gasteiger partial charge on any atom is -0.379 e. The van der Waals surface area contributed by atoms with Crippen LogP contribution in [0.3, 0.4) is 0 Å². The summed E-state index contributed by atoms with van der Waals surface area (Å²) in [5.74, 6) is 0. The molecule has 17 heavy (non-hydrogen) atoms. The summed E-state index contributed by atoms with van der Waals surface area (Å²) >= 11 is 0. The van der Waals surface area contributed by atoms with Crippen molar-refractivity contribution >= 4 is 0 Å². The number of ether oxygens (including phenoxy) is 1. The van der Waals surface area contributed by atoms with Gasteiger partial charge in [-0.2, -0.15) is 0 Å². The van der Waals surface area contributed by atoms with Crippen molar-refractivity contribution in [2.24, 2.45) is 16.6 Å². The third kappa shape index (κ3) is 3.21. The molecule has 0 aliphatic carbocycles. The molecular formula is C14H28N2O. The molecule has 0 radical (unpaired) electrons. The maximum absolute atomic E-state index is 6.17. The van der Waals surface area contributed by atoms with E-state index in [2.05, 4.69) is 25.7 Å². The highest BCUT2D eigenvalue weighted by Gasteiger charge is 2.39. The van der Waals surface area contributed by atoms with Crippen LogP contribution >= 0.6 is 0 Å². The van der Waals surface area contributed by atoms with E-state index in [0.717, 1.165) is 19.8 Å². The number of likely N-dealkylation sites (tertiary alicyclic amines) is 1. The first-order valence-electron chi connectivity index (χ1n) is 6.97. The monoisotopic (exact) mass is 240 g/mol. The lowest BCUT2D eigenvalue weighted by atomic mass is 9.84. The summed E-state index contributed by atoms with van der Waals surface area (Å²) in [6, 6.07) is 0.207. The zero-order valence-corrected chi connectivity index (χ0v) is 11.7. The fourth-order valence-electron chi connectivity index (χ4n) is 3.04.